The monoisotopic (exact) mass is 352 g/mol. The molecule has 2 aromatic carbocycles. The highest BCUT2D eigenvalue weighted by atomic mass is 19.1. The molecule has 2 heterocycles. The second kappa shape index (κ2) is 6.22. The van der Waals surface area contributed by atoms with Crippen LogP contribution in [0, 0.1) is 11.6 Å². The van der Waals surface area contributed by atoms with Crippen molar-refractivity contribution in [1.29, 1.82) is 0 Å². The van der Waals surface area contributed by atoms with Crippen LogP contribution in [0.25, 0.3) is 21.9 Å². The largest absolute Gasteiger partial charge is 0.465 e. The maximum Gasteiger partial charge on any atom is 0.339 e. The lowest BCUT2D eigenvalue weighted by atomic mass is 10.1. The average Bonchev–Trinajstić information content (AvgIpc) is 2.97. The Hall–Kier alpha value is -3.28. The zero-order chi connectivity index (χ0) is 18.3. The van der Waals surface area contributed by atoms with E-state index < -0.39 is 17.6 Å². The number of para-hydroxylation sites is 1. The van der Waals surface area contributed by atoms with Crippen LogP contribution in [0.2, 0.25) is 0 Å². The number of nitrogens with zero attached hydrogens (tertiary/aromatic N) is 2. The quantitative estimate of drug-likeness (QED) is 0.516. The average molecular weight is 352 g/mol. The van der Waals surface area contributed by atoms with Crippen molar-refractivity contribution in [2.45, 2.75) is 6.54 Å². The fourth-order valence-corrected chi connectivity index (χ4v) is 3.15. The van der Waals surface area contributed by atoms with Crippen molar-refractivity contribution in [2.24, 2.45) is 0 Å². The predicted molar refractivity (Wildman–Crippen MR) is 94.0 cm³/mol. The minimum Gasteiger partial charge on any atom is -0.465 e. The van der Waals surface area contributed by atoms with E-state index >= 15 is 0 Å². The first-order chi connectivity index (χ1) is 12.6. The molecule has 0 atom stereocenters. The number of rotatable bonds is 3. The van der Waals surface area contributed by atoms with Gasteiger partial charge in [0.2, 0.25) is 0 Å². The first-order valence-corrected chi connectivity index (χ1v) is 7.97. The Labute approximate surface area is 147 Å². The van der Waals surface area contributed by atoms with Crippen LogP contribution in [0.1, 0.15) is 15.9 Å². The van der Waals surface area contributed by atoms with Gasteiger partial charge in [-0.1, -0.05) is 18.2 Å². The predicted octanol–water partition coefficient (Wildman–Crippen LogP) is 4.30. The maximum absolute atomic E-state index is 14.1. The van der Waals surface area contributed by atoms with Crippen LogP contribution in [0.5, 0.6) is 0 Å². The minimum atomic E-state index is -0.497. The Kier molecular flexibility index (Phi) is 3.88. The molecule has 0 aliphatic heterocycles. The molecule has 0 amide bonds. The van der Waals surface area contributed by atoms with Crippen LogP contribution < -0.4 is 0 Å². The molecule has 0 aliphatic carbocycles. The topological polar surface area (TPSA) is 44.1 Å². The van der Waals surface area contributed by atoms with Crippen molar-refractivity contribution in [3.8, 4) is 0 Å². The summed E-state index contributed by atoms with van der Waals surface area (Å²) in [5.74, 6) is -1.46. The van der Waals surface area contributed by atoms with E-state index in [9.17, 15) is 13.6 Å². The summed E-state index contributed by atoms with van der Waals surface area (Å²) in [6.45, 7) is 0.123. The van der Waals surface area contributed by atoms with Gasteiger partial charge in [-0.25, -0.2) is 18.6 Å². The van der Waals surface area contributed by atoms with Crippen LogP contribution >= 0.6 is 0 Å². The van der Waals surface area contributed by atoms with Crippen molar-refractivity contribution in [2.75, 3.05) is 7.11 Å². The van der Waals surface area contributed by atoms with Gasteiger partial charge >= 0.3 is 5.97 Å². The number of hydrogen-bond donors (Lipinski definition) is 0. The number of carbonyl (C=O) groups excluding carboxylic acids is 1. The van der Waals surface area contributed by atoms with Crippen molar-refractivity contribution in [3.63, 3.8) is 0 Å². The second-order valence-electron chi connectivity index (χ2n) is 5.93. The number of halogens is 2. The van der Waals surface area contributed by atoms with E-state index in [-0.39, 0.29) is 12.1 Å². The van der Waals surface area contributed by atoms with Gasteiger partial charge in [0.25, 0.3) is 0 Å². The van der Waals surface area contributed by atoms with E-state index in [1.165, 1.54) is 19.4 Å². The number of hydrogen-bond acceptors (Lipinski definition) is 3. The Morgan fingerprint density at radius 3 is 2.73 bits per heavy atom. The third kappa shape index (κ3) is 2.60. The lowest BCUT2D eigenvalue weighted by Crippen LogP contribution is -2.05. The standard InChI is InChI=1S/C20H14F2N2O2/c1-26-20(25)12-9-16-15-4-2-3-5-18(15)24(19(16)23-10-12)11-13-8-14(21)6-7-17(13)22/h2-10H,11H2,1H3. The molecule has 0 saturated carbocycles. The smallest absolute Gasteiger partial charge is 0.339 e. The zero-order valence-corrected chi connectivity index (χ0v) is 13.9. The maximum atomic E-state index is 14.1. The molecule has 6 heteroatoms. The Bertz CT molecular complexity index is 1150. The highest BCUT2D eigenvalue weighted by Gasteiger charge is 2.16. The first kappa shape index (κ1) is 16.2. The molecule has 4 aromatic rings. The van der Waals surface area contributed by atoms with Gasteiger partial charge in [-0.2, -0.15) is 0 Å². The van der Waals surface area contributed by atoms with Crippen LogP contribution in [0.4, 0.5) is 8.78 Å². The van der Waals surface area contributed by atoms with Crippen LogP contribution in [-0.2, 0) is 11.3 Å². The summed E-state index contributed by atoms with van der Waals surface area (Å²) in [6, 6.07) is 12.6. The lowest BCUT2D eigenvalue weighted by Gasteiger charge is -2.08. The van der Waals surface area contributed by atoms with Crippen molar-refractivity contribution < 1.29 is 18.3 Å². The van der Waals surface area contributed by atoms with E-state index in [0.29, 0.717) is 11.2 Å². The number of ether oxygens (including phenoxy) is 1. The summed E-state index contributed by atoms with van der Waals surface area (Å²) in [7, 11) is 1.31. The third-order valence-corrected chi connectivity index (χ3v) is 4.36. The molecule has 0 N–H and O–H groups in total. The number of benzene rings is 2. The molecule has 4 rings (SSSR count). The minimum absolute atomic E-state index is 0.123. The van der Waals surface area contributed by atoms with Gasteiger partial charge in [0.1, 0.15) is 17.3 Å². The van der Waals surface area contributed by atoms with Crippen molar-refractivity contribution in [1.82, 2.24) is 9.55 Å². The second-order valence-corrected chi connectivity index (χ2v) is 5.93. The van der Waals surface area contributed by atoms with Gasteiger partial charge in [0.05, 0.1) is 24.7 Å². The van der Waals surface area contributed by atoms with Crippen molar-refractivity contribution in [3.05, 3.63) is 77.5 Å². The molecule has 0 aliphatic rings. The molecular weight excluding hydrogens is 338 g/mol. The lowest BCUT2D eigenvalue weighted by molar-refractivity contribution is 0.0600. The van der Waals surface area contributed by atoms with E-state index in [2.05, 4.69) is 4.98 Å². The highest BCUT2D eigenvalue weighted by molar-refractivity contribution is 6.08. The molecule has 0 fully saturated rings. The number of pyridine rings is 1. The molecule has 130 valence electrons. The fourth-order valence-electron chi connectivity index (χ4n) is 3.15. The number of aromatic nitrogens is 2. The van der Waals surface area contributed by atoms with Gasteiger partial charge in [-0.3, -0.25) is 0 Å². The Morgan fingerprint density at radius 2 is 1.92 bits per heavy atom. The van der Waals surface area contributed by atoms with Crippen molar-refractivity contribution >= 4 is 27.9 Å². The molecule has 0 spiro atoms. The molecular formula is C20H14F2N2O2. The number of methoxy groups -OCH3 is 1. The van der Waals surface area contributed by atoms with Crippen LogP contribution in [0.3, 0.4) is 0 Å². The third-order valence-electron chi connectivity index (χ3n) is 4.36. The van der Waals surface area contributed by atoms with E-state index in [4.69, 9.17) is 4.74 Å². The molecule has 2 aromatic heterocycles. The molecule has 0 saturated heterocycles. The highest BCUT2D eigenvalue weighted by Crippen LogP contribution is 2.29. The number of carbonyl (C=O) groups is 1. The molecule has 0 bridgehead atoms. The summed E-state index contributed by atoms with van der Waals surface area (Å²) in [4.78, 5) is 16.2. The van der Waals surface area contributed by atoms with Crippen LogP contribution in [0.15, 0.2) is 54.7 Å². The van der Waals surface area contributed by atoms with E-state index in [1.807, 2.05) is 28.8 Å². The fraction of sp³-hybridized carbons (Fsp3) is 0.100. The Balaban J connectivity index is 1.95. The summed E-state index contributed by atoms with van der Waals surface area (Å²) in [5.41, 5.74) is 1.97. The van der Waals surface area contributed by atoms with E-state index in [0.717, 1.165) is 28.4 Å². The zero-order valence-electron chi connectivity index (χ0n) is 13.9. The van der Waals surface area contributed by atoms with Gasteiger partial charge < -0.3 is 9.30 Å². The first-order valence-electron chi connectivity index (χ1n) is 7.97. The Morgan fingerprint density at radius 1 is 1.12 bits per heavy atom. The van der Waals surface area contributed by atoms with Gasteiger partial charge in [-0.15, -0.1) is 0 Å². The number of esters is 1. The SMILES string of the molecule is COC(=O)c1cnc2c(c1)c1ccccc1n2Cc1cc(F)ccc1F. The normalized spacial score (nSPS) is 11.2. The molecule has 0 unspecified atom stereocenters. The molecule has 26 heavy (non-hydrogen) atoms. The van der Waals surface area contributed by atoms with E-state index in [1.54, 1.807) is 6.07 Å². The van der Waals surface area contributed by atoms with Gasteiger partial charge in [0.15, 0.2) is 0 Å². The van der Waals surface area contributed by atoms with Crippen LogP contribution in [-0.4, -0.2) is 22.6 Å². The summed E-state index contributed by atoms with van der Waals surface area (Å²) in [6.07, 6.45) is 1.42. The summed E-state index contributed by atoms with van der Waals surface area (Å²) >= 11 is 0. The van der Waals surface area contributed by atoms with Gasteiger partial charge in [0, 0.05) is 22.5 Å². The number of fused-ring (bicyclic) bond motifs is 3. The molecule has 4 nitrogen and oxygen atoms in total. The summed E-state index contributed by atoms with van der Waals surface area (Å²) < 4.78 is 34.2. The van der Waals surface area contributed by atoms with Gasteiger partial charge in [-0.05, 0) is 30.3 Å². The molecule has 0 radical (unpaired) electrons. The summed E-state index contributed by atoms with van der Waals surface area (Å²) in [5, 5.41) is 1.62.